The van der Waals surface area contributed by atoms with Crippen molar-refractivity contribution < 1.29 is 0 Å². The third-order valence-electron chi connectivity index (χ3n) is 2.89. The first-order chi connectivity index (χ1) is 8.21. The van der Waals surface area contributed by atoms with E-state index in [0.29, 0.717) is 0 Å². The molecule has 2 heterocycles. The smallest absolute Gasteiger partial charge is 0.142 e. The lowest BCUT2D eigenvalue weighted by Crippen LogP contribution is -2.53. The van der Waals surface area contributed by atoms with Crippen LogP contribution < -0.4 is 4.90 Å². The fraction of sp³-hybridized carbons (Fsp3) is 0.571. The van der Waals surface area contributed by atoms with E-state index in [2.05, 4.69) is 61.4 Å². The molecule has 0 aliphatic heterocycles. The Labute approximate surface area is 108 Å². The SMILES string of the molecule is CC(C)(C)N(c1ncnc2[nH]ccc12)C(C)(C)C. The Morgan fingerprint density at radius 1 is 1.00 bits per heavy atom. The maximum absolute atomic E-state index is 4.51. The Morgan fingerprint density at radius 3 is 2.17 bits per heavy atom. The summed E-state index contributed by atoms with van der Waals surface area (Å²) in [6.45, 7) is 13.2. The fourth-order valence-corrected chi connectivity index (χ4v) is 2.68. The van der Waals surface area contributed by atoms with Crippen molar-refractivity contribution in [1.82, 2.24) is 15.0 Å². The molecule has 0 aliphatic carbocycles. The van der Waals surface area contributed by atoms with Crippen molar-refractivity contribution in [3.05, 3.63) is 18.6 Å². The van der Waals surface area contributed by atoms with Crippen molar-refractivity contribution in [3.8, 4) is 0 Å². The molecule has 2 rings (SSSR count). The maximum Gasteiger partial charge on any atom is 0.142 e. The number of nitrogens with one attached hydrogen (secondary N) is 1. The Balaban J connectivity index is 2.66. The minimum atomic E-state index is -0.00317. The fourth-order valence-electron chi connectivity index (χ4n) is 2.68. The van der Waals surface area contributed by atoms with E-state index >= 15 is 0 Å². The molecule has 0 saturated carbocycles. The summed E-state index contributed by atoms with van der Waals surface area (Å²) in [6.07, 6.45) is 3.53. The highest BCUT2D eigenvalue weighted by Crippen LogP contribution is 2.34. The number of fused-ring (bicyclic) bond motifs is 1. The van der Waals surface area contributed by atoms with Gasteiger partial charge in [0.05, 0.1) is 5.39 Å². The van der Waals surface area contributed by atoms with Crippen LogP contribution in [0.25, 0.3) is 11.0 Å². The first-order valence-corrected chi connectivity index (χ1v) is 6.30. The lowest BCUT2D eigenvalue weighted by atomic mass is 9.95. The molecule has 0 spiro atoms. The van der Waals surface area contributed by atoms with Crippen LogP contribution in [0.4, 0.5) is 5.82 Å². The van der Waals surface area contributed by atoms with Crippen LogP contribution in [0, 0.1) is 0 Å². The van der Waals surface area contributed by atoms with E-state index in [4.69, 9.17) is 0 Å². The van der Waals surface area contributed by atoms with Crippen LogP contribution in [0.2, 0.25) is 0 Å². The normalized spacial score (nSPS) is 13.0. The molecule has 0 radical (unpaired) electrons. The molecular formula is C14H22N4. The molecule has 0 amide bonds. The quantitative estimate of drug-likeness (QED) is 0.839. The molecule has 0 bridgehead atoms. The standard InChI is InChI=1S/C14H22N4/c1-13(2,3)18(14(4,5)6)12-10-7-8-15-11(10)16-9-17-12/h7-9H,1-6H3,(H,15,16,17). The third-order valence-corrected chi connectivity index (χ3v) is 2.89. The van der Waals surface area contributed by atoms with E-state index in [9.17, 15) is 0 Å². The number of anilines is 1. The van der Waals surface area contributed by atoms with Gasteiger partial charge in [-0.3, -0.25) is 0 Å². The zero-order valence-electron chi connectivity index (χ0n) is 12.1. The van der Waals surface area contributed by atoms with Crippen molar-refractivity contribution in [2.75, 3.05) is 4.90 Å². The molecule has 2 aromatic rings. The highest BCUT2D eigenvalue weighted by Gasteiger charge is 2.33. The van der Waals surface area contributed by atoms with Gasteiger partial charge in [0, 0.05) is 17.3 Å². The number of aromatic nitrogens is 3. The number of nitrogens with zero attached hydrogens (tertiary/aromatic N) is 3. The average Bonchev–Trinajstić information content (AvgIpc) is 2.61. The largest absolute Gasteiger partial charge is 0.346 e. The monoisotopic (exact) mass is 246 g/mol. The molecule has 18 heavy (non-hydrogen) atoms. The predicted octanol–water partition coefficient (Wildman–Crippen LogP) is 3.36. The van der Waals surface area contributed by atoms with Crippen LogP contribution in [-0.4, -0.2) is 26.0 Å². The van der Waals surface area contributed by atoms with Crippen LogP contribution in [0.1, 0.15) is 41.5 Å². The summed E-state index contributed by atoms with van der Waals surface area (Å²) < 4.78 is 0. The number of H-pyrrole nitrogens is 1. The number of aromatic amines is 1. The zero-order valence-corrected chi connectivity index (χ0v) is 12.1. The summed E-state index contributed by atoms with van der Waals surface area (Å²) in [4.78, 5) is 14.2. The Bertz CT molecular complexity index is 529. The van der Waals surface area contributed by atoms with Gasteiger partial charge < -0.3 is 9.88 Å². The van der Waals surface area contributed by atoms with Crippen molar-refractivity contribution in [2.45, 2.75) is 52.6 Å². The van der Waals surface area contributed by atoms with Crippen LogP contribution in [0.3, 0.4) is 0 Å². The molecule has 2 aromatic heterocycles. The van der Waals surface area contributed by atoms with Gasteiger partial charge in [-0.15, -0.1) is 0 Å². The predicted molar refractivity (Wildman–Crippen MR) is 75.9 cm³/mol. The molecular weight excluding hydrogens is 224 g/mol. The number of hydrogen-bond donors (Lipinski definition) is 1. The van der Waals surface area contributed by atoms with Crippen molar-refractivity contribution in [2.24, 2.45) is 0 Å². The lowest BCUT2D eigenvalue weighted by Gasteiger charge is -2.46. The lowest BCUT2D eigenvalue weighted by molar-refractivity contribution is 0.378. The van der Waals surface area contributed by atoms with Crippen LogP contribution in [0.15, 0.2) is 18.6 Å². The summed E-state index contributed by atoms with van der Waals surface area (Å²) in [5.41, 5.74) is 0.881. The first-order valence-electron chi connectivity index (χ1n) is 6.30. The van der Waals surface area contributed by atoms with Gasteiger partial charge in [0.2, 0.25) is 0 Å². The van der Waals surface area contributed by atoms with Crippen LogP contribution in [-0.2, 0) is 0 Å². The Kier molecular flexibility index (Phi) is 2.84. The van der Waals surface area contributed by atoms with Gasteiger partial charge in [-0.05, 0) is 47.6 Å². The van der Waals surface area contributed by atoms with E-state index in [1.54, 1.807) is 6.33 Å². The van der Waals surface area contributed by atoms with Gasteiger partial charge in [-0.25, -0.2) is 9.97 Å². The molecule has 4 nitrogen and oxygen atoms in total. The molecule has 0 aliphatic rings. The second-order valence-corrected chi connectivity index (χ2v) is 6.61. The van der Waals surface area contributed by atoms with Gasteiger partial charge in [-0.1, -0.05) is 0 Å². The van der Waals surface area contributed by atoms with Gasteiger partial charge >= 0.3 is 0 Å². The van der Waals surface area contributed by atoms with Crippen molar-refractivity contribution >= 4 is 16.9 Å². The maximum atomic E-state index is 4.51. The summed E-state index contributed by atoms with van der Waals surface area (Å²) in [7, 11) is 0. The number of hydrogen-bond acceptors (Lipinski definition) is 3. The van der Waals surface area contributed by atoms with E-state index in [0.717, 1.165) is 16.9 Å². The molecule has 0 aromatic carbocycles. The summed E-state index contributed by atoms with van der Waals surface area (Å²) >= 11 is 0. The number of rotatable bonds is 1. The molecule has 0 atom stereocenters. The molecule has 98 valence electrons. The Hall–Kier alpha value is -1.58. The van der Waals surface area contributed by atoms with E-state index in [1.807, 2.05) is 12.3 Å². The second kappa shape index (κ2) is 3.97. The van der Waals surface area contributed by atoms with Gasteiger partial charge in [-0.2, -0.15) is 0 Å². The third kappa shape index (κ3) is 2.19. The summed E-state index contributed by atoms with van der Waals surface area (Å²) in [6, 6.07) is 2.04. The second-order valence-electron chi connectivity index (χ2n) is 6.61. The molecule has 4 heteroatoms. The summed E-state index contributed by atoms with van der Waals surface area (Å²) in [5.74, 6) is 0.987. The zero-order chi connectivity index (χ0) is 13.6. The van der Waals surface area contributed by atoms with Crippen molar-refractivity contribution in [3.63, 3.8) is 0 Å². The van der Waals surface area contributed by atoms with Gasteiger partial charge in [0.1, 0.15) is 17.8 Å². The molecule has 1 N–H and O–H groups in total. The first kappa shape index (κ1) is 12.9. The van der Waals surface area contributed by atoms with E-state index in [1.165, 1.54) is 0 Å². The van der Waals surface area contributed by atoms with Gasteiger partial charge in [0.25, 0.3) is 0 Å². The van der Waals surface area contributed by atoms with Crippen molar-refractivity contribution in [1.29, 1.82) is 0 Å². The molecule has 0 unspecified atom stereocenters. The van der Waals surface area contributed by atoms with E-state index < -0.39 is 0 Å². The summed E-state index contributed by atoms with van der Waals surface area (Å²) in [5, 5.41) is 1.07. The molecule has 0 saturated heterocycles. The van der Waals surface area contributed by atoms with E-state index in [-0.39, 0.29) is 11.1 Å². The Morgan fingerprint density at radius 2 is 1.61 bits per heavy atom. The average molecular weight is 246 g/mol. The topological polar surface area (TPSA) is 44.8 Å². The van der Waals surface area contributed by atoms with Gasteiger partial charge in [0.15, 0.2) is 0 Å². The van der Waals surface area contributed by atoms with Crippen LogP contribution >= 0.6 is 0 Å². The molecule has 0 fully saturated rings. The minimum Gasteiger partial charge on any atom is -0.346 e. The van der Waals surface area contributed by atoms with Crippen LogP contribution in [0.5, 0.6) is 0 Å². The minimum absolute atomic E-state index is 0.00317. The highest BCUT2D eigenvalue weighted by molar-refractivity contribution is 5.87. The highest BCUT2D eigenvalue weighted by atomic mass is 15.3.